The van der Waals surface area contributed by atoms with E-state index in [9.17, 15) is 9.59 Å². The van der Waals surface area contributed by atoms with Gasteiger partial charge in [0.1, 0.15) is 0 Å². The highest BCUT2D eigenvalue weighted by molar-refractivity contribution is 8.00. The van der Waals surface area contributed by atoms with Crippen LogP contribution in [0.3, 0.4) is 0 Å². The maximum Gasteiger partial charge on any atom is 0.252 e. The van der Waals surface area contributed by atoms with E-state index in [1.54, 1.807) is 17.4 Å². The van der Waals surface area contributed by atoms with Gasteiger partial charge in [-0.2, -0.15) is 0 Å². The minimum Gasteiger partial charge on any atom is -0.369 e. The van der Waals surface area contributed by atoms with Crippen molar-refractivity contribution in [1.82, 2.24) is 5.32 Å². The summed E-state index contributed by atoms with van der Waals surface area (Å²) in [7, 11) is 0. The third-order valence-corrected chi connectivity index (χ3v) is 5.47. The predicted molar refractivity (Wildman–Crippen MR) is 96.0 cm³/mol. The molecule has 0 aliphatic heterocycles. The number of nitrogens with two attached hydrogens (primary N) is 1. The molecule has 1 aromatic carbocycles. The first-order chi connectivity index (χ1) is 10.9. The number of primary amides is 1. The van der Waals surface area contributed by atoms with Crippen molar-refractivity contribution < 1.29 is 9.59 Å². The number of hydrogen-bond donors (Lipinski definition) is 2. The Morgan fingerprint density at radius 2 is 2.00 bits per heavy atom. The molecule has 1 heterocycles. The first-order valence-electron chi connectivity index (χ1n) is 7.26. The molecule has 23 heavy (non-hydrogen) atoms. The summed E-state index contributed by atoms with van der Waals surface area (Å²) in [5.74, 6) is -0.390. The smallest absolute Gasteiger partial charge is 0.252 e. The van der Waals surface area contributed by atoms with E-state index in [4.69, 9.17) is 5.73 Å². The van der Waals surface area contributed by atoms with Crippen molar-refractivity contribution in [2.24, 2.45) is 5.73 Å². The number of hydrogen-bond acceptors (Lipinski definition) is 4. The minimum atomic E-state index is -0.400. The van der Waals surface area contributed by atoms with Crippen LogP contribution in [-0.2, 0) is 4.79 Å². The van der Waals surface area contributed by atoms with E-state index < -0.39 is 5.91 Å². The monoisotopic (exact) mass is 348 g/mol. The van der Waals surface area contributed by atoms with Crippen molar-refractivity contribution in [3.8, 4) is 0 Å². The molecule has 0 aliphatic carbocycles. The quantitative estimate of drug-likeness (QED) is 0.786. The molecule has 0 saturated carbocycles. The highest BCUT2D eigenvalue weighted by Crippen LogP contribution is 2.27. The standard InChI is InChI=1S/C17H20N2O2S2/c1-10-8-14(12(3)23-10)11(2)19-17(21)13-6-4-5-7-15(13)22-9-16(18)20/h4-8,11H,9H2,1-3H3,(H2,18,20)(H,19,21)/t11-/m0/s1. The van der Waals surface area contributed by atoms with Gasteiger partial charge in [-0.05, 0) is 44.5 Å². The van der Waals surface area contributed by atoms with E-state index in [1.165, 1.54) is 21.5 Å². The molecule has 2 amide bonds. The zero-order valence-corrected chi connectivity index (χ0v) is 15.0. The Bertz CT molecular complexity index is 725. The summed E-state index contributed by atoms with van der Waals surface area (Å²) < 4.78 is 0. The van der Waals surface area contributed by atoms with Gasteiger partial charge < -0.3 is 11.1 Å². The third-order valence-electron chi connectivity index (χ3n) is 3.40. The van der Waals surface area contributed by atoms with Gasteiger partial charge in [0.05, 0.1) is 17.4 Å². The topological polar surface area (TPSA) is 72.2 Å². The average Bonchev–Trinajstić information content (AvgIpc) is 2.84. The van der Waals surface area contributed by atoms with Gasteiger partial charge in [0.15, 0.2) is 0 Å². The van der Waals surface area contributed by atoms with Gasteiger partial charge in [0.25, 0.3) is 5.91 Å². The van der Waals surface area contributed by atoms with Crippen molar-refractivity contribution in [2.45, 2.75) is 31.7 Å². The Balaban J connectivity index is 2.14. The number of thiophene rings is 1. The molecule has 0 bridgehead atoms. The van der Waals surface area contributed by atoms with Crippen LogP contribution in [0.4, 0.5) is 0 Å². The number of thioether (sulfide) groups is 1. The first-order valence-corrected chi connectivity index (χ1v) is 9.06. The second-order valence-electron chi connectivity index (χ2n) is 5.31. The van der Waals surface area contributed by atoms with E-state index in [2.05, 4.69) is 25.2 Å². The fourth-order valence-corrected chi connectivity index (χ4v) is 4.17. The molecule has 4 nitrogen and oxygen atoms in total. The normalized spacial score (nSPS) is 12.0. The molecular weight excluding hydrogens is 328 g/mol. The van der Waals surface area contributed by atoms with E-state index >= 15 is 0 Å². The summed E-state index contributed by atoms with van der Waals surface area (Å²) in [5, 5.41) is 3.03. The van der Waals surface area contributed by atoms with Crippen LogP contribution in [0.15, 0.2) is 35.2 Å². The van der Waals surface area contributed by atoms with Gasteiger partial charge in [-0.1, -0.05) is 12.1 Å². The Morgan fingerprint density at radius 3 is 2.61 bits per heavy atom. The highest BCUT2D eigenvalue weighted by atomic mass is 32.2. The van der Waals surface area contributed by atoms with Crippen molar-refractivity contribution in [2.75, 3.05) is 5.75 Å². The maximum atomic E-state index is 12.6. The SMILES string of the molecule is Cc1cc([C@H](C)NC(=O)c2ccccc2SCC(N)=O)c(C)s1. The maximum absolute atomic E-state index is 12.6. The van der Waals surface area contributed by atoms with Crippen molar-refractivity contribution in [3.63, 3.8) is 0 Å². The number of benzene rings is 1. The van der Waals surface area contributed by atoms with E-state index in [0.717, 1.165) is 10.5 Å². The Kier molecular flexibility index (Phi) is 5.85. The van der Waals surface area contributed by atoms with Gasteiger partial charge in [-0.3, -0.25) is 9.59 Å². The fraction of sp³-hybridized carbons (Fsp3) is 0.294. The summed E-state index contributed by atoms with van der Waals surface area (Å²) in [4.78, 5) is 26.7. The highest BCUT2D eigenvalue weighted by Gasteiger charge is 2.17. The van der Waals surface area contributed by atoms with Crippen LogP contribution < -0.4 is 11.1 Å². The lowest BCUT2D eigenvalue weighted by molar-refractivity contribution is -0.115. The molecule has 0 spiro atoms. The van der Waals surface area contributed by atoms with Crippen LogP contribution >= 0.6 is 23.1 Å². The van der Waals surface area contributed by atoms with Crippen molar-refractivity contribution >= 4 is 34.9 Å². The van der Waals surface area contributed by atoms with Gasteiger partial charge in [-0.25, -0.2) is 0 Å². The molecule has 0 aliphatic rings. The molecule has 2 rings (SSSR count). The molecule has 122 valence electrons. The van der Waals surface area contributed by atoms with Crippen LogP contribution in [0.5, 0.6) is 0 Å². The van der Waals surface area contributed by atoms with Crippen LogP contribution in [0.25, 0.3) is 0 Å². The second-order valence-corrected chi connectivity index (χ2v) is 7.79. The van der Waals surface area contributed by atoms with Crippen LogP contribution in [-0.4, -0.2) is 17.6 Å². The number of nitrogens with one attached hydrogen (secondary N) is 1. The number of carbonyl (C=O) groups is 2. The number of amides is 2. The summed E-state index contributed by atoms with van der Waals surface area (Å²) in [6.07, 6.45) is 0. The molecule has 1 atom stereocenters. The lowest BCUT2D eigenvalue weighted by atomic mass is 10.1. The lowest BCUT2D eigenvalue weighted by Crippen LogP contribution is -2.27. The van der Waals surface area contributed by atoms with Gasteiger partial charge in [0.2, 0.25) is 5.91 Å². The zero-order chi connectivity index (χ0) is 17.0. The zero-order valence-electron chi connectivity index (χ0n) is 13.4. The van der Waals surface area contributed by atoms with Gasteiger partial charge >= 0.3 is 0 Å². The molecule has 3 N–H and O–H groups in total. The van der Waals surface area contributed by atoms with Crippen molar-refractivity contribution in [1.29, 1.82) is 0 Å². The fourth-order valence-electron chi connectivity index (χ4n) is 2.36. The van der Waals surface area contributed by atoms with Gasteiger partial charge in [0, 0.05) is 14.6 Å². The summed E-state index contributed by atoms with van der Waals surface area (Å²) in [6, 6.07) is 9.29. The summed E-state index contributed by atoms with van der Waals surface area (Å²) >= 11 is 3.01. The van der Waals surface area contributed by atoms with Crippen molar-refractivity contribution in [3.05, 3.63) is 51.2 Å². The average molecular weight is 348 g/mol. The molecule has 1 aromatic heterocycles. The Hall–Kier alpha value is -1.79. The van der Waals surface area contributed by atoms with Crippen LogP contribution in [0.1, 0.15) is 38.6 Å². The molecule has 0 saturated heterocycles. The van der Waals surface area contributed by atoms with E-state index in [-0.39, 0.29) is 17.7 Å². The minimum absolute atomic E-state index is 0.0679. The van der Waals surface area contributed by atoms with Crippen LogP contribution in [0, 0.1) is 13.8 Å². The lowest BCUT2D eigenvalue weighted by Gasteiger charge is -2.15. The number of carbonyl (C=O) groups excluding carboxylic acids is 2. The molecule has 0 unspecified atom stereocenters. The largest absolute Gasteiger partial charge is 0.369 e. The third kappa shape index (κ3) is 4.59. The predicted octanol–water partition coefficient (Wildman–Crippen LogP) is 3.43. The second kappa shape index (κ2) is 7.66. The van der Waals surface area contributed by atoms with E-state index in [0.29, 0.717) is 5.56 Å². The Labute approximate surface area is 144 Å². The Morgan fingerprint density at radius 1 is 1.30 bits per heavy atom. The molecule has 0 fully saturated rings. The molecular formula is C17H20N2O2S2. The number of rotatable bonds is 6. The molecule has 2 aromatic rings. The van der Waals surface area contributed by atoms with E-state index in [1.807, 2.05) is 25.1 Å². The summed E-state index contributed by atoms with van der Waals surface area (Å²) in [6.45, 7) is 6.10. The first kappa shape index (κ1) is 17.6. The van der Waals surface area contributed by atoms with Gasteiger partial charge in [-0.15, -0.1) is 23.1 Å². The molecule has 0 radical (unpaired) electrons. The van der Waals surface area contributed by atoms with Crippen LogP contribution in [0.2, 0.25) is 0 Å². The summed E-state index contributed by atoms with van der Waals surface area (Å²) in [5.41, 5.74) is 6.89. The molecule has 6 heteroatoms. The number of aryl methyl sites for hydroxylation is 2.